The van der Waals surface area contributed by atoms with Crippen LogP contribution in [0.4, 0.5) is 4.39 Å². The van der Waals surface area contributed by atoms with E-state index in [9.17, 15) is 4.39 Å². The van der Waals surface area contributed by atoms with Crippen LogP contribution in [-0.4, -0.2) is 18.2 Å². The lowest BCUT2D eigenvalue weighted by atomic mass is 9.98. The fourth-order valence-corrected chi connectivity index (χ4v) is 2.77. The van der Waals surface area contributed by atoms with E-state index < -0.39 is 0 Å². The minimum atomic E-state index is -0.171. The average Bonchev–Trinajstić information content (AvgIpc) is 2.27. The maximum Gasteiger partial charge on any atom is 0.123 e. The molecule has 1 aliphatic heterocycles. The van der Waals surface area contributed by atoms with Crippen LogP contribution >= 0.6 is 0 Å². The number of hydrogen-bond donors (Lipinski definition) is 1. The molecule has 3 atom stereocenters. The molecule has 1 heterocycles. The summed E-state index contributed by atoms with van der Waals surface area (Å²) in [6, 6.07) is 7.43. The molecule has 2 nitrogen and oxygen atoms in total. The molecule has 1 saturated heterocycles. The first-order chi connectivity index (χ1) is 8.54. The second-order valence-corrected chi connectivity index (χ2v) is 5.37. The van der Waals surface area contributed by atoms with Crippen LogP contribution in [0, 0.1) is 5.82 Å². The highest BCUT2D eigenvalue weighted by molar-refractivity contribution is 5.19. The predicted molar refractivity (Wildman–Crippen MR) is 71.0 cm³/mol. The predicted octanol–water partition coefficient (Wildman–Crippen LogP) is 3.43. The molecule has 18 heavy (non-hydrogen) atoms. The molecule has 0 aliphatic carbocycles. The topological polar surface area (TPSA) is 21.3 Å². The highest BCUT2D eigenvalue weighted by atomic mass is 19.1. The van der Waals surface area contributed by atoms with E-state index in [1.54, 1.807) is 12.1 Å². The van der Waals surface area contributed by atoms with E-state index in [0.717, 1.165) is 18.4 Å². The van der Waals surface area contributed by atoms with Crippen LogP contribution in [0.1, 0.15) is 45.2 Å². The van der Waals surface area contributed by atoms with Gasteiger partial charge in [0.15, 0.2) is 0 Å². The Labute approximate surface area is 109 Å². The normalized spacial score (nSPS) is 30.1. The van der Waals surface area contributed by atoms with Crippen molar-refractivity contribution < 1.29 is 9.13 Å². The van der Waals surface area contributed by atoms with Crippen LogP contribution in [0.3, 0.4) is 0 Å². The Morgan fingerprint density at radius 3 is 2.56 bits per heavy atom. The van der Waals surface area contributed by atoms with Gasteiger partial charge in [-0.1, -0.05) is 12.1 Å². The SMILES string of the molecule is CC1CC(N[C@@H](C)c2cccc(F)c2)CC(C)O1. The highest BCUT2D eigenvalue weighted by Gasteiger charge is 2.25. The lowest BCUT2D eigenvalue weighted by molar-refractivity contribution is -0.0433. The Hall–Kier alpha value is -0.930. The maximum absolute atomic E-state index is 13.2. The molecule has 1 aliphatic rings. The first kappa shape index (κ1) is 13.5. The summed E-state index contributed by atoms with van der Waals surface area (Å²) in [4.78, 5) is 0. The average molecular weight is 251 g/mol. The van der Waals surface area contributed by atoms with Gasteiger partial charge in [-0.2, -0.15) is 0 Å². The Morgan fingerprint density at radius 2 is 1.94 bits per heavy atom. The number of halogens is 1. The van der Waals surface area contributed by atoms with E-state index in [0.29, 0.717) is 18.2 Å². The number of nitrogens with one attached hydrogen (secondary N) is 1. The third-order valence-electron chi connectivity index (χ3n) is 3.53. The second-order valence-electron chi connectivity index (χ2n) is 5.37. The molecule has 100 valence electrons. The van der Waals surface area contributed by atoms with Gasteiger partial charge in [0, 0.05) is 12.1 Å². The second kappa shape index (κ2) is 5.81. The van der Waals surface area contributed by atoms with Gasteiger partial charge in [0.1, 0.15) is 5.82 Å². The summed E-state index contributed by atoms with van der Waals surface area (Å²) in [6.07, 6.45) is 2.63. The van der Waals surface area contributed by atoms with Crippen LogP contribution in [0.15, 0.2) is 24.3 Å². The fourth-order valence-electron chi connectivity index (χ4n) is 2.77. The summed E-state index contributed by atoms with van der Waals surface area (Å²) in [6.45, 7) is 6.30. The smallest absolute Gasteiger partial charge is 0.123 e. The molecule has 1 aromatic carbocycles. The standard InChI is InChI=1S/C15H22FNO/c1-10-7-15(8-11(2)18-10)17-12(3)13-5-4-6-14(16)9-13/h4-6,9-12,15,17H,7-8H2,1-3H3/t10?,11?,12-,15?/m0/s1. The minimum absolute atomic E-state index is 0.170. The number of ether oxygens (including phenoxy) is 1. The molecule has 1 aromatic rings. The fraction of sp³-hybridized carbons (Fsp3) is 0.600. The van der Waals surface area contributed by atoms with E-state index in [1.165, 1.54) is 6.07 Å². The van der Waals surface area contributed by atoms with E-state index in [-0.39, 0.29) is 11.9 Å². The molecule has 0 amide bonds. The molecular formula is C15H22FNO. The maximum atomic E-state index is 13.2. The summed E-state index contributed by atoms with van der Waals surface area (Å²) in [7, 11) is 0. The zero-order valence-electron chi connectivity index (χ0n) is 11.3. The molecule has 2 unspecified atom stereocenters. The van der Waals surface area contributed by atoms with E-state index in [4.69, 9.17) is 4.74 Å². The quantitative estimate of drug-likeness (QED) is 0.888. The van der Waals surface area contributed by atoms with Crippen molar-refractivity contribution in [3.8, 4) is 0 Å². The van der Waals surface area contributed by atoms with Gasteiger partial charge in [-0.3, -0.25) is 0 Å². The van der Waals surface area contributed by atoms with Gasteiger partial charge in [0.05, 0.1) is 12.2 Å². The lowest BCUT2D eigenvalue weighted by Crippen LogP contribution is -2.42. The summed E-state index contributed by atoms with van der Waals surface area (Å²) in [5, 5.41) is 3.58. The Balaban J connectivity index is 1.96. The lowest BCUT2D eigenvalue weighted by Gasteiger charge is -2.34. The summed E-state index contributed by atoms with van der Waals surface area (Å²) >= 11 is 0. The van der Waals surface area contributed by atoms with Gasteiger partial charge in [-0.25, -0.2) is 4.39 Å². The Kier molecular flexibility index (Phi) is 4.36. The van der Waals surface area contributed by atoms with Crippen molar-refractivity contribution >= 4 is 0 Å². The van der Waals surface area contributed by atoms with Crippen LogP contribution in [0.25, 0.3) is 0 Å². The number of benzene rings is 1. The molecule has 1 N–H and O–H groups in total. The van der Waals surface area contributed by atoms with Crippen LogP contribution < -0.4 is 5.32 Å². The molecule has 3 heteroatoms. The van der Waals surface area contributed by atoms with Crippen molar-refractivity contribution in [2.75, 3.05) is 0 Å². The van der Waals surface area contributed by atoms with Gasteiger partial charge in [-0.15, -0.1) is 0 Å². The first-order valence-corrected chi connectivity index (χ1v) is 6.71. The third-order valence-corrected chi connectivity index (χ3v) is 3.53. The van der Waals surface area contributed by atoms with Gasteiger partial charge in [0.2, 0.25) is 0 Å². The van der Waals surface area contributed by atoms with Gasteiger partial charge in [-0.05, 0) is 51.3 Å². The number of hydrogen-bond acceptors (Lipinski definition) is 2. The van der Waals surface area contributed by atoms with E-state index >= 15 is 0 Å². The number of rotatable bonds is 3. The Morgan fingerprint density at radius 1 is 1.28 bits per heavy atom. The third kappa shape index (κ3) is 3.53. The zero-order chi connectivity index (χ0) is 13.1. The molecule has 0 radical (unpaired) electrons. The molecule has 1 fully saturated rings. The van der Waals surface area contributed by atoms with Gasteiger partial charge < -0.3 is 10.1 Å². The zero-order valence-corrected chi connectivity index (χ0v) is 11.3. The highest BCUT2D eigenvalue weighted by Crippen LogP contribution is 2.22. The van der Waals surface area contributed by atoms with Crippen LogP contribution in [0.5, 0.6) is 0 Å². The largest absolute Gasteiger partial charge is 0.375 e. The van der Waals surface area contributed by atoms with Crippen molar-refractivity contribution in [1.29, 1.82) is 0 Å². The van der Waals surface area contributed by atoms with Crippen molar-refractivity contribution in [3.05, 3.63) is 35.6 Å². The van der Waals surface area contributed by atoms with Crippen molar-refractivity contribution in [2.45, 2.75) is 57.9 Å². The molecule has 0 spiro atoms. The Bertz CT molecular complexity index is 386. The summed E-state index contributed by atoms with van der Waals surface area (Å²) in [5.74, 6) is -0.171. The van der Waals surface area contributed by atoms with E-state index in [2.05, 4.69) is 26.1 Å². The van der Waals surface area contributed by atoms with E-state index in [1.807, 2.05) is 6.07 Å². The van der Waals surface area contributed by atoms with Gasteiger partial charge in [0.25, 0.3) is 0 Å². The van der Waals surface area contributed by atoms with Crippen molar-refractivity contribution in [1.82, 2.24) is 5.32 Å². The molecule has 0 bridgehead atoms. The van der Waals surface area contributed by atoms with Gasteiger partial charge >= 0.3 is 0 Å². The molecule has 0 saturated carbocycles. The van der Waals surface area contributed by atoms with Crippen molar-refractivity contribution in [3.63, 3.8) is 0 Å². The van der Waals surface area contributed by atoms with Crippen molar-refractivity contribution in [2.24, 2.45) is 0 Å². The van der Waals surface area contributed by atoms with Crippen LogP contribution in [-0.2, 0) is 4.74 Å². The molecular weight excluding hydrogens is 229 g/mol. The first-order valence-electron chi connectivity index (χ1n) is 6.71. The minimum Gasteiger partial charge on any atom is -0.375 e. The van der Waals surface area contributed by atoms with Crippen LogP contribution in [0.2, 0.25) is 0 Å². The summed E-state index contributed by atoms with van der Waals surface area (Å²) < 4.78 is 18.9. The summed E-state index contributed by atoms with van der Waals surface area (Å²) in [5.41, 5.74) is 1.00. The monoisotopic (exact) mass is 251 g/mol. The molecule has 0 aromatic heterocycles. The molecule has 2 rings (SSSR count).